The number of aromatic nitrogens is 4. The fourth-order valence-corrected chi connectivity index (χ4v) is 3.28. The number of carbonyl (C=O) groups excluding carboxylic acids is 1. The summed E-state index contributed by atoms with van der Waals surface area (Å²) in [4.78, 5) is 20.8. The van der Waals surface area contributed by atoms with Crippen LogP contribution in [0.25, 0.3) is 5.69 Å². The Morgan fingerprint density at radius 1 is 1.04 bits per heavy atom. The first-order valence-corrected chi connectivity index (χ1v) is 8.74. The van der Waals surface area contributed by atoms with Crippen LogP contribution < -0.4 is 5.32 Å². The number of benzene rings is 1. The van der Waals surface area contributed by atoms with Crippen molar-refractivity contribution in [1.29, 1.82) is 0 Å². The fraction of sp³-hybridized carbons (Fsp3) is 0.263. The van der Waals surface area contributed by atoms with Gasteiger partial charge in [-0.3, -0.25) is 4.79 Å². The molecule has 4 rings (SSSR count). The molecule has 0 spiro atoms. The Morgan fingerprint density at radius 2 is 1.85 bits per heavy atom. The lowest BCUT2D eigenvalue weighted by molar-refractivity contribution is 0.0714. The quantitative estimate of drug-likeness (QED) is 0.783. The molecule has 26 heavy (non-hydrogen) atoms. The predicted molar refractivity (Wildman–Crippen MR) is 98.1 cm³/mol. The fourth-order valence-electron chi connectivity index (χ4n) is 3.28. The molecule has 132 valence electrons. The highest BCUT2D eigenvalue weighted by Crippen LogP contribution is 2.20. The Hall–Kier alpha value is -3.22. The van der Waals surface area contributed by atoms with Gasteiger partial charge in [0.15, 0.2) is 0 Å². The predicted octanol–water partition coefficient (Wildman–Crippen LogP) is 2.38. The van der Waals surface area contributed by atoms with Gasteiger partial charge in [-0.1, -0.05) is 18.2 Å². The first kappa shape index (κ1) is 16.3. The summed E-state index contributed by atoms with van der Waals surface area (Å²) in [7, 11) is 0. The van der Waals surface area contributed by atoms with E-state index >= 15 is 0 Å². The van der Waals surface area contributed by atoms with E-state index in [2.05, 4.69) is 20.5 Å². The second-order valence-corrected chi connectivity index (χ2v) is 6.29. The van der Waals surface area contributed by atoms with E-state index in [1.54, 1.807) is 18.6 Å². The molecule has 1 amide bonds. The van der Waals surface area contributed by atoms with Crippen LogP contribution in [-0.4, -0.2) is 49.9 Å². The van der Waals surface area contributed by atoms with Crippen molar-refractivity contribution in [2.75, 3.05) is 18.4 Å². The Kier molecular flexibility index (Phi) is 4.59. The van der Waals surface area contributed by atoms with E-state index in [1.807, 2.05) is 47.4 Å². The molecular weight excluding hydrogens is 328 g/mol. The molecule has 0 saturated carbocycles. The first-order valence-electron chi connectivity index (χ1n) is 8.74. The van der Waals surface area contributed by atoms with Gasteiger partial charge in [-0.15, -0.1) is 0 Å². The van der Waals surface area contributed by atoms with Gasteiger partial charge in [0.25, 0.3) is 5.91 Å². The van der Waals surface area contributed by atoms with E-state index in [9.17, 15) is 4.79 Å². The number of pyridine rings is 1. The van der Waals surface area contributed by atoms with Crippen LogP contribution in [0, 0.1) is 0 Å². The van der Waals surface area contributed by atoms with Gasteiger partial charge in [0.2, 0.25) is 0 Å². The molecule has 3 heterocycles. The van der Waals surface area contributed by atoms with E-state index in [4.69, 9.17) is 0 Å². The zero-order chi connectivity index (χ0) is 17.8. The van der Waals surface area contributed by atoms with Gasteiger partial charge in [0, 0.05) is 25.3 Å². The second-order valence-electron chi connectivity index (χ2n) is 6.29. The Labute approximate surface area is 151 Å². The second kappa shape index (κ2) is 7.35. The van der Waals surface area contributed by atoms with E-state index in [1.165, 1.54) is 4.80 Å². The Morgan fingerprint density at radius 3 is 2.65 bits per heavy atom. The number of nitrogens with zero attached hydrogens (tertiary/aromatic N) is 5. The molecule has 2 aromatic heterocycles. The number of nitrogens with one attached hydrogen (secondary N) is 1. The molecule has 1 saturated heterocycles. The van der Waals surface area contributed by atoms with Crippen LogP contribution >= 0.6 is 0 Å². The molecule has 0 radical (unpaired) electrons. The van der Waals surface area contributed by atoms with Crippen molar-refractivity contribution in [3.8, 4) is 5.69 Å². The van der Waals surface area contributed by atoms with Crippen molar-refractivity contribution in [1.82, 2.24) is 24.9 Å². The monoisotopic (exact) mass is 348 g/mol. The number of hydrogen-bond donors (Lipinski definition) is 1. The summed E-state index contributed by atoms with van der Waals surface area (Å²) < 4.78 is 0. The maximum Gasteiger partial charge on any atom is 0.256 e. The SMILES string of the molecule is O=C(c1ccccc1-n1nccn1)N1CCCC(Nc2ccccn2)C1. The van der Waals surface area contributed by atoms with Gasteiger partial charge in [-0.2, -0.15) is 15.0 Å². The lowest BCUT2D eigenvalue weighted by Crippen LogP contribution is -2.45. The summed E-state index contributed by atoms with van der Waals surface area (Å²) in [5, 5.41) is 11.7. The minimum Gasteiger partial charge on any atom is -0.366 e. The normalized spacial score (nSPS) is 17.1. The molecule has 7 heteroatoms. The van der Waals surface area contributed by atoms with Crippen molar-refractivity contribution < 1.29 is 4.79 Å². The Balaban J connectivity index is 1.52. The van der Waals surface area contributed by atoms with Crippen molar-refractivity contribution in [3.63, 3.8) is 0 Å². The molecule has 1 unspecified atom stereocenters. The lowest BCUT2D eigenvalue weighted by Gasteiger charge is -2.33. The molecule has 1 aliphatic heterocycles. The van der Waals surface area contributed by atoms with Crippen LogP contribution in [0.5, 0.6) is 0 Å². The lowest BCUT2D eigenvalue weighted by atomic mass is 10.0. The summed E-state index contributed by atoms with van der Waals surface area (Å²) in [6.07, 6.45) is 6.95. The minimum atomic E-state index is 0.00502. The standard InChI is InChI=1S/C19H20N6O/c26-19(16-7-1-2-8-17(16)25-21-11-12-22-25)24-13-5-6-15(14-24)23-18-9-3-4-10-20-18/h1-4,7-12,15H,5-6,13-14H2,(H,20,23). The highest BCUT2D eigenvalue weighted by atomic mass is 16.2. The zero-order valence-corrected chi connectivity index (χ0v) is 14.3. The van der Waals surface area contributed by atoms with Crippen LogP contribution in [0.4, 0.5) is 5.82 Å². The summed E-state index contributed by atoms with van der Waals surface area (Å²) >= 11 is 0. The largest absolute Gasteiger partial charge is 0.366 e. The molecule has 1 fully saturated rings. The number of rotatable bonds is 4. The molecule has 1 atom stereocenters. The van der Waals surface area contributed by atoms with Gasteiger partial charge in [-0.05, 0) is 37.1 Å². The zero-order valence-electron chi connectivity index (χ0n) is 14.3. The number of para-hydroxylation sites is 1. The Bertz CT molecular complexity index is 865. The highest BCUT2D eigenvalue weighted by molar-refractivity contribution is 5.97. The molecule has 1 N–H and O–H groups in total. The number of hydrogen-bond acceptors (Lipinski definition) is 5. The van der Waals surface area contributed by atoms with Crippen LogP contribution in [0.1, 0.15) is 23.2 Å². The summed E-state index contributed by atoms with van der Waals surface area (Å²) in [5.41, 5.74) is 1.31. The number of piperidine rings is 1. The third kappa shape index (κ3) is 3.42. The smallest absolute Gasteiger partial charge is 0.256 e. The maximum atomic E-state index is 13.1. The molecular formula is C19H20N6O. The van der Waals surface area contributed by atoms with Crippen LogP contribution in [-0.2, 0) is 0 Å². The number of likely N-dealkylation sites (tertiary alicyclic amines) is 1. The summed E-state index contributed by atoms with van der Waals surface area (Å²) in [6, 6.07) is 13.4. The molecule has 1 aromatic carbocycles. The number of amides is 1. The van der Waals surface area contributed by atoms with Gasteiger partial charge in [0.05, 0.1) is 23.6 Å². The van der Waals surface area contributed by atoms with Gasteiger partial charge in [-0.25, -0.2) is 4.98 Å². The molecule has 1 aliphatic rings. The van der Waals surface area contributed by atoms with Crippen LogP contribution in [0.2, 0.25) is 0 Å². The number of anilines is 1. The van der Waals surface area contributed by atoms with E-state index in [-0.39, 0.29) is 11.9 Å². The van der Waals surface area contributed by atoms with E-state index < -0.39 is 0 Å². The summed E-state index contributed by atoms with van der Waals surface area (Å²) in [5.74, 6) is 0.846. The van der Waals surface area contributed by atoms with Crippen LogP contribution in [0.3, 0.4) is 0 Å². The average Bonchev–Trinajstić information content (AvgIpc) is 3.23. The topological polar surface area (TPSA) is 75.9 Å². The van der Waals surface area contributed by atoms with Crippen molar-refractivity contribution in [2.45, 2.75) is 18.9 Å². The van der Waals surface area contributed by atoms with Crippen molar-refractivity contribution >= 4 is 11.7 Å². The molecule has 0 bridgehead atoms. The van der Waals surface area contributed by atoms with Crippen molar-refractivity contribution in [2.24, 2.45) is 0 Å². The van der Waals surface area contributed by atoms with E-state index in [0.717, 1.165) is 25.2 Å². The average molecular weight is 348 g/mol. The molecule has 7 nitrogen and oxygen atoms in total. The first-order chi connectivity index (χ1) is 12.8. The minimum absolute atomic E-state index is 0.00502. The number of carbonyl (C=O) groups is 1. The summed E-state index contributed by atoms with van der Waals surface area (Å²) in [6.45, 7) is 1.40. The van der Waals surface area contributed by atoms with Gasteiger partial charge in [0.1, 0.15) is 5.82 Å². The van der Waals surface area contributed by atoms with Gasteiger partial charge < -0.3 is 10.2 Å². The molecule has 3 aromatic rings. The molecule has 0 aliphatic carbocycles. The maximum absolute atomic E-state index is 13.1. The third-order valence-corrected chi connectivity index (χ3v) is 4.49. The highest BCUT2D eigenvalue weighted by Gasteiger charge is 2.26. The van der Waals surface area contributed by atoms with E-state index in [0.29, 0.717) is 17.8 Å². The van der Waals surface area contributed by atoms with Gasteiger partial charge >= 0.3 is 0 Å². The van der Waals surface area contributed by atoms with Crippen LogP contribution in [0.15, 0.2) is 61.1 Å². The van der Waals surface area contributed by atoms with Crippen molar-refractivity contribution in [3.05, 3.63) is 66.6 Å². The third-order valence-electron chi connectivity index (χ3n) is 4.49.